The molecule has 3 aromatic rings. The molecule has 1 aliphatic carbocycles. The number of fused-ring (bicyclic) bond motifs is 1. The van der Waals surface area contributed by atoms with Crippen LogP contribution >= 0.6 is 23.1 Å². The van der Waals surface area contributed by atoms with E-state index in [1.807, 2.05) is 25.1 Å². The van der Waals surface area contributed by atoms with Gasteiger partial charge in [-0.25, -0.2) is 0 Å². The van der Waals surface area contributed by atoms with Crippen molar-refractivity contribution in [3.8, 4) is 11.5 Å². The average molecular weight is 443 g/mol. The van der Waals surface area contributed by atoms with Crippen LogP contribution in [-0.4, -0.2) is 33.2 Å². The summed E-state index contributed by atoms with van der Waals surface area (Å²) in [6.45, 7) is 2.21. The molecule has 1 atom stereocenters. The Morgan fingerprint density at radius 3 is 2.97 bits per heavy atom. The molecule has 0 bridgehead atoms. The fourth-order valence-corrected chi connectivity index (χ4v) is 5.01. The molecular formula is C21H22N4O3S2. The van der Waals surface area contributed by atoms with Crippen molar-refractivity contribution in [3.05, 3.63) is 52.0 Å². The van der Waals surface area contributed by atoms with E-state index >= 15 is 0 Å². The third kappa shape index (κ3) is 4.17. The highest BCUT2D eigenvalue weighted by Crippen LogP contribution is 2.39. The molecule has 0 unspecified atom stereocenters. The standard InChI is InChI=1S/C21H22N4O3S2/c1-13(14-4-7-17-18(9-14)28-12-27-17)22-20(26)11-30-21-24-23-19(25(21)15-5-6-15)10-16-3-2-8-29-16/h2-4,7-9,13,15H,5-6,10-12H2,1H3,(H,22,26)/t13-/m0/s1. The van der Waals surface area contributed by atoms with Gasteiger partial charge in [0, 0.05) is 17.3 Å². The second-order valence-electron chi connectivity index (χ2n) is 7.45. The van der Waals surface area contributed by atoms with Gasteiger partial charge in [0.05, 0.1) is 11.8 Å². The van der Waals surface area contributed by atoms with Gasteiger partial charge in [-0.3, -0.25) is 4.79 Å². The van der Waals surface area contributed by atoms with Gasteiger partial charge in [0.2, 0.25) is 12.7 Å². The number of benzene rings is 1. The fraction of sp³-hybridized carbons (Fsp3) is 0.381. The topological polar surface area (TPSA) is 78.3 Å². The van der Waals surface area contributed by atoms with Crippen LogP contribution in [0.1, 0.15) is 48.1 Å². The molecule has 0 radical (unpaired) electrons. The molecule has 3 heterocycles. The molecule has 30 heavy (non-hydrogen) atoms. The molecule has 156 valence electrons. The molecule has 1 aromatic carbocycles. The number of hydrogen-bond acceptors (Lipinski definition) is 7. The van der Waals surface area contributed by atoms with E-state index in [0.717, 1.165) is 47.3 Å². The van der Waals surface area contributed by atoms with Crippen LogP contribution in [0.4, 0.5) is 0 Å². The van der Waals surface area contributed by atoms with Gasteiger partial charge in [-0.05, 0) is 48.9 Å². The zero-order valence-corrected chi connectivity index (χ0v) is 18.2. The molecule has 1 N–H and O–H groups in total. The number of amides is 1. The highest BCUT2D eigenvalue weighted by molar-refractivity contribution is 7.99. The van der Waals surface area contributed by atoms with E-state index in [9.17, 15) is 4.79 Å². The van der Waals surface area contributed by atoms with Gasteiger partial charge in [0.25, 0.3) is 0 Å². The molecule has 9 heteroatoms. The summed E-state index contributed by atoms with van der Waals surface area (Å²) in [5, 5.41) is 14.7. The summed E-state index contributed by atoms with van der Waals surface area (Å²) in [4.78, 5) is 13.8. The lowest BCUT2D eigenvalue weighted by molar-refractivity contribution is -0.119. The van der Waals surface area contributed by atoms with Crippen LogP contribution in [0.2, 0.25) is 0 Å². The van der Waals surface area contributed by atoms with Crippen LogP contribution in [0.5, 0.6) is 11.5 Å². The first-order chi connectivity index (χ1) is 14.7. The molecule has 1 fully saturated rings. The van der Waals surface area contributed by atoms with Crippen LogP contribution in [-0.2, 0) is 11.2 Å². The van der Waals surface area contributed by atoms with E-state index in [0.29, 0.717) is 11.8 Å². The molecule has 7 nitrogen and oxygen atoms in total. The first-order valence-corrected chi connectivity index (χ1v) is 11.8. The third-order valence-corrected chi connectivity index (χ3v) is 6.99. The van der Waals surface area contributed by atoms with Gasteiger partial charge in [-0.1, -0.05) is 23.9 Å². The number of carbonyl (C=O) groups excluding carboxylic acids is 1. The predicted molar refractivity (Wildman–Crippen MR) is 115 cm³/mol. The molecule has 1 aliphatic heterocycles. The van der Waals surface area contributed by atoms with Crippen molar-refractivity contribution in [2.45, 2.75) is 43.4 Å². The predicted octanol–water partition coefficient (Wildman–Crippen LogP) is 3.96. The lowest BCUT2D eigenvalue weighted by atomic mass is 10.1. The molecule has 2 aliphatic rings. The summed E-state index contributed by atoms with van der Waals surface area (Å²) >= 11 is 3.18. The quantitative estimate of drug-likeness (QED) is 0.532. The molecule has 5 rings (SSSR count). The van der Waals surface area contributed by atoms with Gasteiger partial charge < -0.3 is 19.4 Å². The van der Waals surface area contributed by atoms with Crippen molar-refractivity contribution in [2.75, 3.05) is 12.5 Å². The average Bonchev–Trinajstić information content (AvgIpc) is 3.13. The second-order valence-corrected chi connectivity index (χ2v) is 9.42. The Labute approximate surface area is 182 Å². The van der Waals surface area contributed by atoms with E-state index in [4.69, 9.17) is 9.47 Å². The van der Waals surface area contributed by atoms with E-state index in [1.165, 1.54) is 16.6 Å². The molecule has 1 amide bonds. The molecular weight excluding hydrogens is 420 g/mol. The maximum absolute atomic E-state index is 12.6. The SMILES string of the molecule is C[C@H](NC(=O)CSc1nnc(Cc2cccs2)n1C1CC1)c1ccc2c(c1)OCO2. The number of rotatable bonds is 8. The summed E-state index contributed by atoms with van der Waals surface area (Å²) < 4.78 is 13.0. The second kappa shape index (κ2) is 8.31. The zero-order valence-electron chi connectivity index (χ0n) is 16.5. The summed E-state index contributed by atoms with van der Waals surface area (Å²) in [6.07, 6.45) is 3.09. The van der Waals surface area contributed by atoms with Crippen LogP contribution in [0.3, 0.4) is 0 Å². The lowest BCUT2D eigenvalue weighted by Gasteiger charge is -2.15. The maximum atomic E-state index is 12.6. The molecule has 1 saturated carbocycles. The first-order valence-electron chi connectivity index (χ1n) is 9.95. The number of hydrogen-bond donors (Lipinski definition) is 1. The Bertz CT molecular complexity index is 1050. The molecule has 0 spiro atoms. The van der Waals surface area contributed by atoms with Crippen LogP contribution in [0, 0.1) is 0 Å². The van der Waals surface area contributed by atoms with Crippen molar-refractivity contribution in [1.82, 2.24) is 20.1 Å². The normalized spacial score (nSPS) is 15.9. The highest BCUT2D eigenvalue weighted by atomic mass is 32.2. The van der Waals surface area contributed by atoms with Crippen molar-refractivity contribution >= 4 is 29.0 Å². The number of nitrogens with one attached hydrogen (secondary N) is 1. The zero-order chi connectivity index (χ0) is 20.5. The van der Waals surface area contributed by atoms with E-state index < -0.39 is 0 Å². The van der Waals surface area contributed by atoms with E-state index in [1.54, 1.807) is 11.3 Å². The maximum Gasteiger partial charge on any atom is 0.231 e. The van der Waals surface area contributed by atoms with Gasteiger partial charge in [0.1, 0.15) is 5.82 Å². The summed E-state index contributed by atoms with van der Waals surface area (Å²) in [5.41, 5.74) is 0.983. The number of thioether (sulfide) groups is 1. The smallest absolute Gasteiger partial charge is 0.231 e. The monoisotopic (exact) mass is 442 g/mol. The Hall–Kier alpha value is -2.52. The van der Waals surface area contributed by atoms with Crippen molar-refractivity contribution in [2.24, 2.45) is 0 Å². The van der Waals surface area contributed by atoms with Gasteiger partial charge >= 0.3 is 0 Å². The molecule has 2 aromatic heterocycles. The number of thiophene rings is 1. The minimum Gasteiger partial charge on any atom is -0.454 e. The van der Waals surface area contributed by atoms with Crippen LogP contribution in [0.15, 0.2) is 40.9 Å². The number of aromatic nitrogens is 3. The van der Waals surface area contributed by atoms with E-state index in [-0.39, 0.29) is 18.7 Å². The largest absolute Gasteiger partial charge is 0.454 e. The lowest BCUT2D eigenvalue weighted by Crippen LogP contribution is -2.28. The van der Waals surface area contributed by atoms with Crippen LogP contribution in [0.25, 0.3) is 0 Å². The Balaban J connectivity index is 1.21. The van der Waals surface area contributed by atoms with Gasteiger partial charge in [-0.15, -0.1) is 21.5 Å². The van der Waals surface area contributed by atoms with E-state index in [2.05, 4.69) is 37.6 Å². The van der Waals surface area contributed by atoms with Crippen LogP contribution < -0.4 is 14.8 Å². The van der Waals surface area contributed by atoms with Gasteiger partial charge in [0.15, 0.2) is 16.7 Å². The summed E-state index contributed by atoms with van der Waals surface area (Å²) in [6, 6.07) is 10.3. The Morgan fingerprint density at radius 2 is 2.17 bits per heavy atom. The third-order valence-electron chi connectivity index (χ3n) is 5.17. The molecule has 0 saturated heterocycles. The Morgan fingerprint density at radius 1 is 1.30 bits per heavy atom. The number of ether oxygens (including phenoxy) is 2. The Kier molecular flexibility index (Phi) is 5.39. The van der Waals surface area contributed by atoms with Crippen molar-refractivity contribution in [3.63, 3.8) is 0 Å². The summed E-state index contributed by atoms with van der Waals surface area (Å²) in [5.74, 6) is 2.72. The van der Waals surface area contributed by atoms with Crippen molar-refractivity contribution in [1.29, 1.82) is 0 Å². The minimum absolute atomic E-state index is 0.0321. The van der Waals surface area contributed by atoms with Crippen molar-refractivity contribution < 1.29 is 14.3 Å². The number of nitrogens with zero attached hydrogens (tertiary/aromatic N) is 3. The summed E-state index contributed by atoms with van der Waals surface area (Å²) in [7, 11) is 0. The minimum atomic E-state index is -0.122. The first kappa shape index (κ1) is 19.4. The number of carbonyl (C=O) groups is 1. The fourth-order valence-electron chi connectivity index (χ4n) is 3.47. The van der Waals surface area contributed by atoms with Gasteiger partial charge in [-0.2, -0.15) is 0 Å². The highest BCUT2D eigenvalue weighted by Gasteiger charge is 2.30.